The maximum absolute atomic E-state index is 11.3. The Morgan fingerprint density at radius 1 is 0.857 bits per heavy atom. The van der Waals surface area contributed by atoms with Crippen LogP contribution < -0.4 is 0 Å². The summed E-state index contributed by atoms with van der Waals surface area (Å²) in [5.41, 5.74) is 0. The molecule has 6 nitrogen and oxygen atoms in total. The van der Waals surface area contributed by atoms with E-state index in [9.17, 15) is 19.8 Å². The van der Waals surface area contributed by atoms with Crippen molar-refractivity contribution < 1.29 is 29.3 Å². The predicted octanol–water partition coefficient (Wildman–Crippen LogP) is 1.57. The molecule has 6 heteroatoms. The highest BCUT2D eigenvalue weighted by molar-refractivity contribution is 5.72. The standard InChI is InChI=1S/C15H28O6/c1-3-12(16)8-10-20-14(18)6-5-7-15(19)21-11-9-13(17)4-2/h12-13,16-17H,3-11H2,1-2H3. The van der Waals surface area contributed by atoms with Gasteiger partial charge in [0.05, 0.1) is 25.4 Å². The molecule has 0 heterocycles. The third-order valence-corrected chi connectivity index (χ3v) is 3.13. The number of carbonyl (C=O) groups excluding carboxylic acids is 2. The average Bonchev–Trinajstić information content (AvgIpc) is 2.46. The zero-order valence-corrected chi connectivity index (χ0v) is 13.0. The van der Waals surface area contributed by atoms with Crippen molar-refractivity contribution in [3.05, 3.63) is 0 Å². The third kappa shape index (κ3) is 12.3. The first-order valence-electron chi connectivity index (χ1n) is 7.66. The molecule has 2 unspecified atom stereocenters. The van der Waals surface area contributed by atoms with Gasteiger partial charge in [0.2, 0.25) is 0 Å². The molecule has 0 saturated carbocycles. The van der Waals surface area contributed by atoms with Crippen LogP contribution in [0.2, 0.25) is 0 Å². The van der Waals surface area contributed by atoms with E-state index in [0.29, 0.717) is 32.1 Å². The summed E-state index contributed by atoms with van der Waals surface area (Å²) in [4.78, 5) is 22.7. The van der Waals surface area contributed by atoms with E-state index < -0.39 is 12.2 Å². The Labute approximate surface area is 126 Å². The number of ether oxygens (including phenoxy) is 2. The van der Waals surface area contributed by atoms with E-state index in [0.717, 1.165) is 0 Å². The molecular weight excluding hydrogens is 276 g/mol. The Morgan fingerprint density at radius 3 is 1.57 bits per heavy atom. The molecule has 2 N–H and O–H groups in total. The first-order valence-corrected chi connectivity index (χ1v) is 7.66. The lowest BCUT2D eigenvalue weighted by Crippen LogP contribution is -2.14. The molecule has 124 valence electrons. The Balaban J connectivity index is 3.51. The molecule has 0 aliphatic rings. The van der Waals surface area contributed by atoms with E-state index in [2.05, 4.69) is 0 Å². The molecule has 0 radical (unpaired) electrons. The lowest BCUT2D eigenvalue weighted by molar-refractivity contribution is -0.146. The lowest BCUT2D eigenvalue weighted by atomic mass is 10.2. The van der Waals surface area contributed by atoms with Gasteiger partial charge in [-0.15, -0.1) is 0 Å². The van der Waals surface area contributed by atoms with Crippen molar-refractivity contribution in [3.8, 4) is 0 Å². The van der Waals surface area contributed by atoms with Gasteiger partial charge >= 0.3 is 11.9 Å². The Kier molecular flexibility index (Phi) is 11.9. The van der Waals surface area contributed by atoms with Crippen LogP contribution in [0.15, 0.2) is 0 Å². The molecule has 0 rings (SSSR count). The predicted molar refractivity (Wildman–Crippen MR) is 77.6 cm³/mol. The van der Waals surface area contributed by atoms with Crippen LogP contribution in [0.1, 0.15) is 58.8 Å². The molecule has 0 spiro atoms. The van der Waals surface area contributed by atoms with Gasteiger partial charge in [-0.3, -0.25) is 9.59 Å². The normalized spacial score (nSPS) is 13.5. The molecular formula is C15H28O6. The number of aliphatic hydroxyl groups excluding tert-OH is 2. The number of hydrogen-bond acceptors (Lipinski definition) is 6. The first kappa shape index (κ1) is 19.9. The van der Waals surface area contributed by atoms with Crippen LogP contribution >= 0.6 is 0 Å². The van der Waals surface area contributed by atoms with Crippen molar-refractivity contribution in [1.29, 1.82) is 0 Å². The van der Waals surface area contributed by atoms with Crippen molar-refractivity contribution in [2.24, 2.45) is 0 Å². The highest BCUT2D eigenvalue weighted by Crippen LogP contribution is 2.03. The molecule has 0 aromatic carbocycles. The second kappa shape index (κ2) is 12.6. The lowest BCUT2D eigenvalue weighted by Gasteiger charge is -2.09. The highest BCUT2D eigenvalue weighted by Gasteiger charge is 2.09. The summed E-state index contributed by atoms with van der Waals surface area (Å²) in [6.07, 6.45) is 1.96. The Morgan fingerprint density at radius 2 is 1.24 bits per heavy atom. The van der Waals surface area contributed by atoms with Gasteiger partial charge < -0.3 is 19.7 Å². The number of rotatable bonds is 12. The number of carbonyl (C=O) groups is 2. The molecule has 0 aliphatic carbocycles. The molecule has 0 amide bonds. The molecule has 21 heavy (non-hydrogen) atoms. The fraction of sp³-hybridized carbons (Fsp3) is 0.867. The average molecular weight is 304 g/mol. The quantitative estimate of drug-likeness (QED) is 0.532. The number of esters is 2. The number of hydrogen-bond donors (Lipinski definition) is 2. The summed E-state index contributed by atoms with van der Waals surface area (Å²) in [7, 11) is 0. The van der Waals surface area contributed by atoms with Crippen molar-refractivity contribution in [2.75, 3.05) is 13.2 Å². The maximum atomic E-state index is 11.3. The summed E-state index contributed by atoms with van der Waals surface area (Å²) < 4.78 is 9.88. The van der Waals surface area contributed by atoms with E-state index in [1.165, 1.54) is 0 Å². The SMILES string of the molecule is CCC(O)CCOC(=O)CCCC(=O)OCCC(O)CC. The summed E-state index contributed by atoms with van der Waals surface area (Å²) in [5.74, 6) is -0.736. The molecule has 0 fully saturated rings. The van der Waals surface area contributed by atoms with Crippen molar-refractivity contribution in [1.82, 2.24) is 0 Å². The van der Waals surface area contributed by atoms with E-state index >= 15 is 0 Å². The van der Waals surface area contributed by atoms with Crippen LogP contribution in [0.25, 0.3) is 0 Å². The smallest absolute Gasteiger partial charge is 0.305 e. The van der Waals surface area contributed by atoms with Gasteiger partial charge in [0.25, 0.3) is 0 Å². The van der Waals surface area contributed by atoms with E-state index in [4.69, 9.17) is 9.47 Å². The topological polar surface area (TPSA) is 93.1 Å². The van der Waals surface area contributed by atoms with Gasteiger partial charge in [-0.1, -0.05) is 13.8 Å². The minimum absolute atomic E-state index is 0.162. The highest BCUT2D eigenvalue weighted by atomic mass is 16.5. The second-order valence-corrected chi connectivity index (χ2v) is 5.00. The summed E-state index contributed by atoms with van der Waals surface area (Å²) in [6, 6.07) is 0. The van der Waals surface area contributed by atoms with Gasteiger partial charge in [0.15, 0.2) is 0 Å². The van der Waals surface area contributed by atoms with Gasteiger partial charge in [-0.25, -0.2) is 0 Å². The van der Waals surface area contributed by atoms with Crippen LogP contribution in [-0.2, 0) is 19.1 Å². The van der Waals surface area contributed by atoms with Crippen LogP contribution in [0.3, 0.4) is 0 Å². The van der Waals surface area contributed by atoms with Gasteiger partial charge in [0.1, 0.15) is 0 Å². The van der Waals surface area contributed by atoms with Crippen LogP contribution in [0.4, 0.5) is 0 Å². The van der Waals surface area contributed by atoms with Crippen molar-refractivity contribution >= 4 is 11.9 Å². The van der Waals surface area contributed by atoms with Crippen molar-refractivity contribution in [2.45, 2.75) is 71.0 Å². The van der Waals surface area contributed by atoms with E-state index in [1.54, 1.807) is 0 Å². The van der Waals surface area contributed by atoms with Gasteiger partial charge in [-0.2, -0.15) is 0 Å². The van der Waals surface area contributed by atoms with E-state index in [-0.39, 0.29) is 38.0 Å². The summed E-state index contributed by atoms with van der Waals surface area (Å²) >= 11 is 0. The summed E-state index contributed by atoms with van der Waals surface area (Å²) in [6.45, 7) is 4.12. The van der Waals surface area contributed by atoms with E-state index in [1.807, 2.05) is 13.8 Å². The van der Waals surface area contributed by atoms with Crippen LogP contribution in [0.5, 0.6) is 0 Å². The zero-order chi connectivity index (χ0) is 16.1. The zero-order valence-electron chi connectivity index (χ0n) is 13.0. The third-order valence-electron chi connectivity index (χ3n) is 3.13. The fourth-order valence-corrected chi connectivity index (χ4v) is 1.55. The maximum Gasteiger partial charge on any atom is 0.305 e. The summed E-state index contributed by atoms with van der Waals surface area (Å²) in [5, 5.41) is 18.6. The molecule has 0 bridgehead atoms. The monoisotopic (exact) mass is 304 g/mol. The Bertz CT molecular complexity index is 264. The number of aliphatic hydroxyl groups is 2. The minimum atomic E-state index is -0.439. The van der Waals surface area contributed by atoms with Crippen LogP contribution in [-0.4, -0.2) is 47.6 Å². The molecule has 0 aromatic heterocycles. The molecule has 0 aliphatic heterocycles. The largest absolute Gasteiger partial charge is 0.466 e. The first-order chi connectivity index (χ1) is 9.99. The fourth-order valence-electron chi connectivity index (χ4n) is 1.55. The van der Waals surface area contributed by atoms with Gasteiger partial charge in [-0.05, 0) is 19.3 Å². The van der Waals surface area contributed by atoms with Crippen LogP contribution in [0, 0.1) is 0 Å². The van der Waals surface area contributed by atoms with Crippen molar-refractivity contribution in [3.63, 3.8) is 0 Å². The molecule has 0 saturated heterocycles. The molecule has 0 aromatic rings. The van der Waals surface area contributed by atoms with Gasteiger partial charge in [0, 0.05) is 25.7 Å². The molecule has 2 atom stereocenters. The Hall–Kier alpha value is -1.14. The second-order valence-electron chi connectivity index (χ2n) is 5.00. The minimum Gasteiger partial charge on any atom is -0.466 e.